The summed E-state index contributed by atoms with van der Waals surface area (Å²) in [7, 11) is 0. The van der Waals surface area contributed by atoms with E-state index in [2.05, 4.69) is 63.8 Å². The van der Waals surface area contributed by atoms with Crippen LogP contribution in [-0.2, 0) is 0 Å². The summed E-state index contributed by atoms with van der Waals surface area (Å²) in [5.41, 5.74) is 4.57. The van der Waals surface area contributed by atoms with Gasteiger partial charge in [-0.15, -0.1) is 0 Å². The van der Waals surface area contributed by atoms with Crippen molar-refractivity contribution in [3.8, 4) is 0 Å². The fourth-order valence-corrected chi connectivity index (χ4v) is 7.66. The molecule has 0 saturated heterocycles. The van der Waals surface area contributed by atoms with E-state index in [1.165, 1.54) is 81.8 Å². The van der Waals surface area contributed by atoms with Crippen molar-refractivity contribution in [1.29, 1.82) is 0 Å². The maximum Gasteiger partial charge on any atom is 0.0250 e. The van der Waals surface area contributed by atoms with Gasteiger partial charge in [-0.25, -0.2) is 0 Å². The standard InChI is InChI=1S/C27H46S2.C2H6/c1-7-12-23(21(3)8-2)16-17-24-14-11-20-27(29-6)25(18-19-26(24)27)15-10-9-13-22(4)28-5;1-2/h16-17,22,25-26H,3,7-15,18-20H2,1-2,4-6H3;1-2H3/b23-16-,24-17+;/t22?,25-,26?,27-;/m0./s1. The molecule has 0 heterocycles. The molecule has 2 rings (SSSR count). The molecule has 0 N–H and O–H groups in total. The molecule has 0 nitrogen and oxygen atoms in total. The van der Waals surface area contributed by atoms with Gasteiger partial charge in [0.2, 0.25) is 0 Å². The van der Waals surface area contributed by atoms with Crippen LogP contribution in [-0.4, -0.2) is 22.5 Å². The summed E-state index contributed by atoms with van der Waals surface area (Å²) in [6.45, 7) is 15.2. The van der Waals surface area contributed by atoms with E-state index in [-0.39, 0.29) is 0 Å². The number of hydrogen-bond acceptors (Lipinski definition) is 2. The van der Waals surface area contributed by atoms with Crippen molar-refractivity contribution in [2.24, 2.45) is 11.8 Å². The van der Waals surface area contributed by atoms with Gasteiger partial charge in [-0.2, -0.15) is 23.5 Å². The second-order valence-electron chi connectivity index (χ2n) is 9.31. The predicted octanol–water partition coefficient (Wildman–Crippen LogP) is 10.3. The summed E-state index contributed by atoms with van der Waals surface area (Å²) < 4.78 is 0.524. The molecule has 2 fully saturated rings. The summed E-state index contributed by atoms with van der Waals surface area (Å²) in [5, 5.41) is 0.826. The summed E-state index contributed by atoms with van der Waals surface area (Å²) in [5.74, 6) is 1.75. The smallest absolute Gasteiger partial charge is 0.0250 e. The van der Waals surface area contributed by atoms with Crippen molar-refractivity contribution in [1.82, 2.24) is 0 Å². The number of hydrogen-bond donors (Lipinski definition) is 0. The van der Waals surface area contributed by atoms with Crippen molar-refractivity contribution >= 4 is 23.5 Å². The van der Waals surface area contributed by atoms with Gasteiger partial charge in [0.25, 0.3) is 0 Å². The first-order chi connectivity index (χ1) is 15.0. The first-order valence-electron chi connectivity index (χ1n) is 13.2. The molecular weight excluding hydrogens is 412 g/mol. The molecule has 31 heavy (non-hydrogen) atoms. The van der Waals surface area contributed by atoms with Crippen LogP contribution in [0.2, 0.25) is 0 Å². The predicted molar refractivity (Wildman–Crippen MR) is 150 cm³/mol. The second-order valence-corrected chi connectivity index (χ2v) is 11.8. The molecule has 2 unspecified atom stereocenters. The molecule has 2 saturated carbocycles. The zero-order valence-electron chi connectivity index (χ0n) is 21.9. The lowest BCUT2D eigenvalue weighted by Gasteiger charge is -2.44. The molecule has 0 spiro atoms. The van der Waals surface area contributed by atoms with E-state index in [0.29, 0.717) is 4.75 Å². The minimum Gasteiger partial charge on any atom is -0.162 e. The van der Waals surface area contributed by atoms with Gasteiger partial charge < -0.3 is 0 Å². The highest BCUT2D eigenvalue weighted by Crippen LogP contribution is 2.59. The summed E-state index contributed by atoms with van der Waals surface area (Å²) in [6.07, 6.45) is 25.8. The minimum atomic E-state index is 0.524. The number of allylic oxidation sites excluding steroid dienone is 5. The maximum absolute atomic E-state index is 4.32. The van der Waals surface area contributed by atoms with Gasteiger partial charge >= 0.3 is 0 Å². The van der Waals surface area contributed by atoms with Gasteiger partial charge in [-0.1, -0.05) is 83.8 Å². The average molecular weight is 465 g/mol. The monoisotopic (exact) mass is 464 g/mol. The van der Waals surface area contributed by atoms with E-state index in [0.717, 1.165) is 23.5 Å². The third kappa shape index (κ3) is 8.02. The number of thioether (sulfide) groups is 2. The molecule has 180 valence electrons. The molecular formula is C29H52S2. The lowest BCUT2D eigenvalue weighted by atomic mass is 9.72. The van der Waals surface area contributed by atoms with Gasteiger partial charge in [0.15, 0.2) is 0 Å². The molecule has 0 aliphatic heterocycles. The van der Waals surface area contributed by atoms with Crippen molar-refractivity contribution < 1.29 is 0 Å². The van der Waals surface area contributed by atoms with E-state index in [1.807, 2.05) is 25.6 Å². The Morgan fingerprint density at radius 3 is 2.55 bits per heavy atom. The van der Waals surface area contributed by atoms with Crippen LogP contribution in [0.4, 0.5) is 0 Å². The summed E-state index contributed by atoms with van der Waals surface area (Å²) in [4.78, 5) is 0. The van der Waals surface area contributed by atoms with Crippen molar-refractivity contribution in [2.45, 2.75) is 122 Å². The fourth-order valence-electron chi connectivity index (χ4n) is 5.78. The van der Waals surface area contributed by atoms with Gasteiger partial charge in [0, 0.05) is 10.00 Å². The SMILES string of the molecule is C=C(CC)/C(=C\C=C1/CCC[C@@]2(SC)C1CC[C@@H]2CCCCC(C)SC)CCC.CC. The zero-order valence-corrected chi connectivity index (χ0v) is 23.5. The first-order valence-corrected chi connectivity index (χ1v) is 15.7. The van der Waals surface area contributed by atoms with Gasteiger partial charge in [0.1, 0.15) is 0 Å². The molecule has 2 aliphatic carbocycles. The Bertz CT molecular complexity index is 573. The topological polar surface area (TPSA) is 0 Å². The first kappa shape index (κ1) is 29.0. The molecule has 2 aliphatic rings. The Morgan fingerprint density at radius 1 is 1.19 bits per heavy atom. The molecule has 0 aromatic heterocycles. The summed E-state index contributed by atoms with van der Waals surface area (Å²) in [6, 6.07) is 0. The quantitative estimate of drug-likeness (QED) is 0.208. The molecule has 0 radical (unpaired) electrons. The third-order valence-corrected chi connectivity index (χ3v) is 10.3. The highest BCUT2D eigenvalue weighted by atomic mass is 32.2. The Labute approximate surface area is 204 Å². The lowest BCUT2D eigenvalue weighted by Crippen LogP contribution is -2.39. The van der Waals surface area contributed by atoms with Crippen LogP contribution in [0.25, 0.3) is 0 Å². The number of unbranched alkanes of at least 4 members (excludes halogenated alkanes) is 1. The minimum absolute atomic E-state index is 0.524. The van der Waals surface area contributed by atoms with Crippen LogP contribution in [0.15, 0.2) is 35.5 Å². The van der Waals surface area contributed by atoms with Crippen LogP contribution in [0.1, 0.15) is 112 Å². The van der Waals surface area contributed by atoms with E-state index < -0.39 is 0 Å². The molecule has 0 aromatic rings. The Hall–Kier alpha value is -0.0800. The van der Waals surface area contributed by atoms with Gasteiger partial charge in [0.05, 0.1) is 0 Å². The zero-order chi connectivity index (χ0) is 23.3. The molecule has 0 aromatic carbocycles. The molecule has 2 heteroatoms. The Kier molecular flexibility index (Phi) is 14.7. The Morgan fingerprint density at radius 2 is 1.94 bits per heavy atom. The average Bonchev–Trinajstić information content (AvgIpc) is 3.19. The third-order valence-electron chi connectivity index (χ3n) is 7.66. The van der Waals surface area contributed by atoms with Crippen molar-refractivity contribution in [2.75, 3.05) is 12.5 Å². The number of fused-ring (bicyclic) bond motifs is 1. The van der Waals surface area contributed by atoms with Crippen molar-refractivity contribution in [3.05, 3.63) is 35.5 Å². The van der Waals surface area contributed by atoms with E-state index in [9.17, 15) is 0 Å². The second kappa shape index (κ2) is 15.7. The van der Waals surface area contributed by atoms with Crippen LogP contribution in [0.3, 0.4) is 0 Å². The van der Waals surface area contributed by atoms with Crippen LogP contribution < -0.4 is 0 Å². The highest BCUT2D eigenvalue weighted by molar-refractivity contribution is 8.00. The largest absolute Gasteiger partial charge is 0.162 e. The number of rotatable bonds is 12. The van der Waals surface area contributed by atoms with E-state index in [4.69, 9.17) is 0 Å². The van der Waals surface area contributed by atoms with Crippen LogP contribution >= 0.6 is 23.5 Å². The van der Waals surface area contributed by atoms with Crippen LogP contribution in [0, 0.1) is 11.8 Å². The normalized spacial score (nSPS) is 28.1. The van der Waals surface area contributed by atoms with Gasteiger partial charge in [-0.3, -0.25) is 0 Å². The Balaban J connectivity index is 0.00000233. The van der Waals surface area contributed by atoms with Crippen LogP contribution in [0.5, 0.6) is 0 Å². The molecule has 0 amide bonds. The highest BCUT2D eigenvalue weighted by Gasteiger charge is 2.51. The summed E-state index contributed by atoms with van der Waals surface area (Å²) >= 11 is 4.24. The fraction of sp³-hybridized carbons (Fsp3) is 0.793. The maximum atomic E-state index is 4.32. The van der Waals surface area contributed by atoms with Gasteiger partial charge in [-0.05, 0) is 87.7 Å². The van der Waals surface area contributed by atoms with E-state index >= 15 is 0 Å². The van der Waals surface area contributed by atoms with Crippen molar-refractivity contribution in [3.63, 3.8) is 0 Å². The molecule has 0 bridgehead atoms. The lowest BCUT2D eigenvalue weighted by molar-refractivity contribution is 0.303. The van der Waals surface area contributed by atoms with E-state index in [1.54, 1.807) is 5.57 Å². The molecule has 4 atom stereocenters.